The van der Waals surface area contributed by atoms with Crippen molar-refractivity contribution in [3.63, 3.8) is 0 Å². The lowest BCUT2D eigenvalue weighted by molar-refractivity contribution is 0.0926. The van der Waals surface area contributed by atoms with Crippen molar-refractivity contribution in [2.45, 2.75) is 45.2 Å². The first-order valence-corrected chi connectivity index (χ1v) is 7.81. The van der Waals surface area contributed by atoms with Gasteiger partial charge in [-0.1, -0.05) is 13.8 Å². The molecule has 0 radical (unpaired) electrons. The Morgan fingerprint density at radius 2 is 2.22 bits per heavy atom. The van der Waals surface area contributed by atoms with Gasteiger partial charge in [0.05, 0.1) is 12.7 Å². The van der Waals surface area contributed by atoms with Gasteiger partial charge in [-0.3, -0.25) is 4.79 Å². The Kier molecular flexibility index (Phi) is 4.27. The molecular formula is C16H21N5O2. The second-order valence-electron chi connectivity index (χ2n) is 6.04. The van der Waals surface area contributed by atoms with Gasteiger partial charge in [0, 0.05) is 37.2 Å². The molecule has 7 nitrogen and oxygen atoms in total. The van der Waals surface area contributed by atoms with Crippen LogP contribution in [0.5, 0.6) is 5.88 Å². The van der Waals surface area contributed by atoms with Crippen LogP contribution in [0.3, 0.4) is 0 Å². The Morgan fingerprint density at radius 3 is 2.87 bits per heavy atom. The van der Waals surface area contributed by atoms with Crippen molar-refractivity contribution in [2.75, 3.05) is 7.11 Å². The van der Waals surface area contributed by atoms with Crippen molar-refractivity contribution in [1.29, 1.82) is 0 Å². The number of aromatic nitrogens is 4. The molecule has 23 heavy (non-hydrogen) atoms. The number of amides is 1. The molecule has 0 saturated heterocycles. The molecule has 3 rings (SSSR count). The molecule has 122 valence electrons. The fourth-order valence-corrected chi connectivity index (χ4v) is 2.80. The average molecular weight is 315 g/mol. The summed E-state index contributed by atoms with van der Waals surface area (Å²) in [4.78, 5) is 16.4. The van der Waals surface area contributed by atoms with Crippen LogP contribution in [0.4, 0.5) is 0 Å². The van der Waals surface area contributed by atoms with Crippen LogP contribution in [0.25, 0.3) is 0 Å². The van der Waals surface area contributed by atoms with Gasteiger partial charge in [-0.05, 0) is 12.5 Å². The Morgan fingerprint density at radius 1 is 1.39 bits per heavy atom. The Hall–Kier alpha value is -2.44. The quantitative estimate of drug-likeness (QED) is 0.925. The van der Waals surface area contributed by atoms with Gasteiger partial charge in [0.15, 0.2) is 0 Å². The zero-order valence-corrected chi connectivity index (χ0v) is 13.6. The van der Waals surface area contributed by atoms with Crippen LogP contribution in [0.15, 0.2) is 18.3 Å². The number of carbonyl (C=O) groups is 1. The SMILES string of the molecule is COc1ccc(C(=O)NC2CCc3nnc(C(C)C)n3C2)cn1. The number of ether oxygens (including phenoxy) is 1. The summed E-state index contributed by atoms with van der Waals surface area (Å²) in [6.07, 6.45) is 3.22. The lowest BCUT2D eigenvalue weighted by Gasteiger charge is -2.25. The molecule has 2 aromatic heterocycles. The zero-order valence-electron chi connectivity index (χ0n) is 13.6. The molecular weight excluding hydrogens is 294 g/mol. The summed E-state index contributed by atoms with van der Waals surface area (Å²) in [5.41, 5.74) is 0.532. The standard InChI is InChI=1S/C16H21N5O2/c1-10(2)15-20-19-13-6-5-12(9-21(13)15)18-16(22)11-4-7-14(23-3)17-8-11/h4,7-8,10,12H,5-6,9H2,1-3H3,(H,18,22). The van der Waals surface area contributed by atoms with Crippen LogP contribution >= 0.6 is 0 Å². The molecule has 1 unspecified atom stereocenters. The third kappa shape index (κ3) is 3.18. The first kappa shape index (κ1) is 15.5. The molecule has 1 aliphatic heterocycles. The van der Waals surface area contributed by atoms with Gasteiger partial charge in [0.1, 0.15) is 11.6 Å². The molecule has 0 saturated carbocycles. The highest BCUT2D eigenvalue weighted by Crippen LogP contribution is 2.20. The number of pyridine rings is 1. The van der Waals surface area contributed by atoms with Crippen LogP contribution in [0.1, 0.15) is 48.2 Å². The average Bonchev–Trinajstić information content (AvgIpc) is 2.98. The monoisotopic (exact) mass is 315 g/mol. The number of rotatable bonds is 4. The van der Waals surface area contributed by atoms with Gasteiger partial charge in [-0.15, -0.1) is 10.2 Å². The largest absolute Gasteiger partial charge is 0.481 e. The maximum Gasteiger partial charge on any atom is 0.253 e. The van der Waals surface area contributed by atoms with E-state index in [-0.39, 0.29) is 11.9 Å². The molecule has 1 N–H and O–H groups in total. The van der Waals surface area contributed by atoms with Crippen LogP contribution in [-0.2, 0) is 13.0 Å². The predicted octanol–water partition coefficient (Wildman–Crippen LogP) is 1.55. The van der Waals surface area contributed by atoms with Crippen molar-refractivity contribution in [1.82, 2.24) is 25.1 Å². The topological polar surface area (TPSA) is 81.9 Å². The van der Waals surface area contributed by atoms with E-state index >= 15 is 0 Å². The molecule has 0 aromatic carbocycles. The van der Waals surface area contributed by atoms with Crippen LogP contribution < -0.4 is 10.1 Å². The van der Waals surface area contributed by atoms with E-state index in [1.165, 1.54) is 6.20 Å². The van der Waals surface area contributed by atoms with Gasteiger partial charge in [0.25, 0.3) is 5.91 Å². The van der Waals surface area contributed by atoms with E-state index in [1.54, 1.807) is 19.2 Å². The fourth-order valence-electron chi connectivity index (χ4n) is 2.80. The van der Waals surface area contributed by atoms with E-state index in [1.807, 2.05) is 0 Å². The van der Waals surface area contributed by atoms with Gasteiger partial charge < -0.3 is 14.6 Å². The number of nitrogens with one attached hydrogen (secondary N) is 1. The number of hydrogen-bond acceptors (Lipinski definition) is 5. The normalized spacial score (nSPS) is 17.0. The summed E-state index contributed by atoms with van der Waals surface area (Å²) < 4.78 is 7.13. The lowest BCUT2D eigenvalue weighted by atomic mass is 10.1. The van der Waals surface area contributed by atoms with Gasteiger partial charge >= 0.3 is 0 Å². The minimum atomic E-state index is -0.118. The third-order valence-electron chi connectivity index (χ3n) is 4.03. The smallest absolute Gasteiger partial charge is 0.253 e. The first-order chi connectivity index (χ1) is 11.1. The van der Waals surface area contributed by atoms with E-state index in [4.69, 9.17) is 4.74 Å². The Bertz CT molecular complexity index is 693. The maximum atomic E-state index is 12.3. The van der Waals surface area contributed by atoms with Crippen molar-refractivity contribution in [3.8, 4) is 5.88 Å². The highest BCUT2D eigenvalue weighted by molar-refractivity contribution is 5.94. The van der Waals surface area contributed by atoms with Crippen molar-refractivity contribution >= 4 is 5.91 Å². The van der Waals surface area contributed by atoms with E-state index < -0.39 is 0 Å². The molecule has 0 fully saturated rings. The molecule has 1 aliphatic rings. The summed E-state index contributed by atoms with van der Waals surface area (Å²) in [5.74, 6) is 2.68. The highest BCUT2D eigenvalue weighted by atomic mass is 16.5. The minimum absolute atomic E-state index is 0.0746. The molecule has 1 amide bonds. The second-order valence-corrected chi connectivity index (χ2v) is 6.04. The van der Waals surface area contributed by atoms with Gasteiger partial charge in [-0.25, -0.2) is 4.98 Å². The first-order valence-electron chi connectivity index (χ1n) is 7.81. The predicted molar refractivity (Wildman–Crippen MR) is 84.5 cm³/mol. The third-order valence-corrected chi connectivity index (χ3v) is 4.03. The number of hydrogen-bond donors (Lipinski definition) is 1. The zero-order chi connectivity index (χ0) is 16.4. The summed E-state index contributed by atoms with van der Waals surface area (Å²) >= 11 is 0. The van der Waals surface area contributed by atoms with Crippen LogP contribution in [-0.4, -0.2) is 38.8 Å². The summed E-state index contributed by atoms with van der Waals surface area (Å²) in [7, 11) is 1.55. The molecule has 1 atom stereocenters. The van der Waals surface area contributed by atoms with Crippen molar-refractivity contribution < 1.29 is 9.53 Å². The molecule has 3 heterocycles. The maximum absolute atomic E-state index is 12.3. The van der Waals surface area contributed by atoms with Crippen LogP contribution in [0, 0.1) is 0 Å². The summed E-state index contributed by atoms with van der Waals surface area (Å²) in [6, 6.07) is 3.48. The number of nitrogens with zero attached hydrogens (tertiary/aromatic N) is 4. The molecule has 0 bridgehead atoms. The summed E-state index contributed by atoms with van der Waals surface area (Å²) in [5, 5.41) is 11.6. The highest BCUT2D eigenvalue weighted by Gasteiger charge is 2.25. The second kappa shape index (κ2) is 6.36. The number of carbonyl (C=O) groups excluding carboxylic acids is 1. The minimum Gasteiger partial charge on any atom is -0.481 e. The Balaban J connectivity index is 1.68. The van der Waals surface area contributed by atoms with E-state index in [0.29, 0.717) is 23.9 Å². The van der Waals surface area contributed by atoms with E-state index in [2.05, 4.69) is 38.9 Å². The number of fused-ring (bicyclic) bond motifs is 1. The van der Waals surface area contributed by atoms with Gasteiger partial charge in [0.2, 0.25) is 5.88 Å². The van der Waals surface area contributed by atoms with Crippen molar-refractivity contribution in [2.24, 2.45) is 0 Å². The fraction of sp³-hybridized carbons (Fsp3) is 0.500. The molecule has 7 heteroatoms. The number of methoxy groups -OCH3 is 1. The molecule has 0 aliphatic carbocycles. The van der Waals surface area contributed by atoms with Gasteiger partial charge in [-0.2, -0.15) is 0 Å². The van der Waals surface area contributed by atoms with E-state index in [0.717, 1.165) is 24.5 Å². The number of aryl methyl sites for hydroxylation is 1. The van der Waals surface area contributed by atoms with Crippen molar-refractivity contribution in [3.05, 3.63) is 35.5 Å². The lowest BCUT2D eigenvalue weighted by Crippen LogP contribution is -2.41. The Labute approximate surface area is 135 Å². The van der Waals surface area contributed by atoms with Crippen LogP contribution in [0.2, 0.25) is 0 Å². The van der Waals surface area contributed by atoms with E-state index in [9.17, 15) is 4.79 Å². The molecule has 2 aromatic rings. The molecule has 0 spiro atoms. The summed E-state index contributed by atoms with van der Waals surface area (Å²) in [6.45, 7) is 4.91.